The van der Waals surface area contributed by atoms with Crippen LogP contribution in [0.3, 0.4) is 0 Å². The fourth-order valence-electron chi connectivity index (χ4n) is 3.51. The second-order valence-corrected chi connectivity index (χ2v) is 8.69. The van der Waals surface area contributed by atoms with E-state index in [0.29, 0.717) is 28.5 Å². The smallest absolute Gasteiger partial charge is 0.335 e. The molecular weight excluding hydrogens is 547 g/mol. The maximum Gasteiger partial charge on any atom is 0.335 e. The molecule has 7 nitrogen and oxygen atoms in total. The number of para-hydroxylation sites is 1. The Balaban J connectivity index is 1.58. The molecule has 3 aromatic carbocycles. The number of benzene rings is 3. The van der Waals surface area contributed by atoms with Gasteiger partial charge in [-0.05, 0) is 83.1 Å². The van der Waals surface area contributed by atoms with Crippen molar-refractivity contribution in [2.75, 3.05) is 12.1 Å². The van der Waals surface area contributed by atoms with Gasteiger partial charge in [0.15, 0.2) is 11.5 Å². The zero-order chi connectivity index (χ0) is 24.2. The van der Waals surface area contributed by atoms with Crippen LogP contribution in [0.25, 0.3) is 6.08 Å². The maximum atomic E-state index is 13.0. The number of carbonyl (C=O) groups is 2. The molecule has 8 heteroatoms. The van der Waals surface area contributed by atoms with E-state index in [1.807, 2.05) is 36.4 Å². The lowest BCUT2D eigenvalue weighted by molar-refractivity contribution is -0.114. The first kappa shape index (κ1) is 23.5. The highest BCUT2D eigenvalue weighted by Gasteiger charge is 2.28. The molecule has 1 aliphatic heterocycles. The van der Waals surface area contributed by atoms with Gasteiger partial charge in [0.25, 0.3) is 5.91 Å². The first-order valence-electron chi connectivity index (χ1n) is 10.4. The Morgan fingerprint density at radius 2 is 1.88 bits per heavy atom. The Morgan fingerprint density at radius 3 is 2.59 bits per heavy atom. The average Bonchev–Trinajstić information content (AvgIpc) is 3.12. The number of rotatable bonds is 7. The van der Waals surface area contributed by atoms with E-state index < -0.39 is 5.97 Å². The van der Waals surface area contributed by atoms with Gasteiger partial charge in [0.1, 0.15) is 6.61 Å². The number of carbonyl (C=O) groups excluding carboxylic acids is 1. The lowest BCUT2D eigenvalue weighted by atomic mass is 10.1. The van der Waals surface area contributed by atoms with E-state index in [4.69, 9.17) is 9.47 Å². The highest BCUT2D eigenvalue weighted by atomic mass is 127. The third kappa shape index (κ3) is 4.96. The summed E-state index contributed by atoms with van der Waals surface area (Å²) in [6.45, 7) is 1.99. The number of aromatic carboxylic acids is 1. The third-order valence-electron chi connectivity index (χ3n) is 5.18. The van der Waals surface area contributed by atoms with Gasteiger partial charge in [-0.1, -0.05) is 30.3 Å². The Morgan fingerprint density at radius 1 is 1.12 bits per heavy atom. The van der Waals surface area contributed by atoms with E-state index in [1.165, 1.54) is 11.1 Å². The number of carboxylic acid groups (broad SMARTS) is 1. The molecule has 0 aliphatic carbocycles. The van der Waals surface area contributed by atoms with Gasteiger partial charge in [-0.25, -0.2) is 4.79 Å². The second-order valence-electron chi connectivity index (χ2n) is 7.52. The lowest BCUT2D eigenvalue weighted by Gasteiger charge is -2.14. The number of carboxylic acids is 1. The predicted octanol–water partition coefficient (Wildman–Crippen LogP) is 5.38. The first-order valence-corrected chi connectivity index (χ1v) is 11.4. The normalized spacial score (nSPS) is 14.3. The van der Waals surface area contributed by atoms with E-state index in [0.717, 1.165) is 14.7 Å². The van der Waals surface area contributed by atoms with Crippen LogP contribution in [0.2, 0.25) is 0 Å². The second kappa shape index (κ2) is 10.1. The summed E-state index contributed by atoms with van der Waals surface area (Å²) in [6.07, 6.45) is 1.79. The molecule has 0 spiro atoms. The van der Waals surface area contributed by atoms with Crippen LogP contribution in [0.1, 0.15) is 28.4 Å². The lowest BCUT2D eigenvalue weighted by Crippen LogP contribution is -2.21. The minimum atomic E-state index is -0.988. The van der Waals surface area contributed by atoms with Crippen molar-refractivity contribution >= 4 is 51.9 Å². The fourth-order valence-corrected chi connectivity index (χ4v) is 4.29. The highest BCUT2D eigenvalue weighted by Crippen LogP contribution is 2.36. The number of methoxy groups -OCH3 is 1. The average molecular weight is 568 g/mol. The molecule has 3 aromatic rings. The van der Waals surface area contributed by atoms with Crippen molar-refractivity contribution in [1.82, 2.24) is 0 Å². The van der Waals surface area contributed by atoms with Gasteiger partial charge >= 0.3 is 5.97 Å². The minimum Gasteiger partial charge on any atom is -0.493 e. The van der Waals surface area contributed by atoms with E-state index in [1.54, 1.807) is 44.4 Å². The molecule has 1 heterocycles. The number of halogens is 1. The standard InChI is InChI=1S/C26H21IN2O5/c1-16-21(25(30)29(28-16)20-9-4-3-5-10-20)12-18-13-22(27)24(23(14-18)33-2)34-15-17-7-6-8-19(11-17)26(31)32/h3-14H,15H2,1-2H3,(H,31,32)/b21-12+. The number of hydrogen-bond acceptors (Lipinski definition) is 5. The van der Waals surface area contributed by atoms with Crippen LogP contribution in [0.15, 0.2) is 77.4 Å². The molecule has 34 heavy (non-hydrogen) atoms. The molecule has 172 valence electrons. The molecule has 4 rings (SSSR count). The van der Waals surface area contributed by atoms with E-state index in [9.17, 15) is 14.7 Å². The van der Waals surface area contributed by atoms with E-state index >= 15 is 0 Å². The summed E-state index contributed by atoms with van der Waals surface area (Å²) in [5, 5.41) is 15.0. The maximum absolute atomic E-state index is 13.0. The number of hydrazone groups is 1. The zero-order valence-electron chi connectivity index (χ0n) is 18.5. The Labute approximate surface area is 210 Å². The molecule has 0 aromatic heterocycles. The van der Waals surface area contributed by atoms with Gasteiger partial charge in [0.05, 0.1) is 33.2 Å². The van der Waals surface area contributed by atoms with Gasteiger partial charge in [0.2, 0.25) is 0 Å². The fraction of sp³-hybridized carbons (Fsp3) is 0.115. The van der Waals surface area contributed by atoms with Crippen molar-refractivity contribution in [3.05, 3.63) is 92.6 Å². The van der Waals surface area contributed by atoms with Crippen LogP contribution < -0.4 is 14.5 Å². The number of ether oxygens (including phenoxy) is 2. The monoisotopic (exact) mass is 568 g/mol. The van der Waals surface area contributed by atoms with Crippen LogP contribution in [-0.2, 0) is 11.4 Å². The largest absolute Gasteiger partial charge is 0.493 e. The molecule has 0 fully saturated rings. The molecule has 1 amide bonds. The van der Waals surface area contributed by atoms with Gasteiger partial charge in [-0.15, -0.1) is 0 Å². The zero-order valence-corrected chi connectivity index (χ0v) is 20.6. The third-order valence-corrected chi connectivity index (χ3v) is 5.98. The summed E-state index contributed by atoms with van der Waals surface area (Å²) in [4.78, 5) is 24.2. The summed E-state index contributed by atoms with van der Waals surface area (Å²) in [6, 6.07) is 19.6. The van der Waals surface area contributed by atoms with Crippen molar-refractivity contribution in [3.8, 4) is 11.5 Å². The van der Waals surface area contributed by atoms with Crippen molar-refractivity contribution < 1.29 is 24.2 Å². The van der Waals surface area contributed by atoms with E-state index in [-0.39, 0.29) is 18.1 Å². The number of anilines is 1. The summed E-state index contributed by atoms with van der Waals surface area (Å²) >= 11 is 2.15. The van der Waals surface area contributed by atoms with Gasteiger partial charge < -0.3 is 14.6 Å². The molecule has 0 saturated carbocycles. The Bertz CT molecular complexity index is 1320. The van der Waals surface area contributed by atoms with Gasteiger partial charge in [0, 0.05) is 0 Å². The van der Waals surface area contributed by atoms with Crippen LogP contribution in [0.5, 0.6) is 11.5 Å². The van der Waals surface area contributed by atoms with Gasteiger partial charge in [-0.3, -0.25) is 4.79 Å². The number of nitrogens with zero attached hydrogens (tertiary/aromatic N) is 2. The molecule has 0 atom stereocenters. The SMILES string of the molecule is COc1cc(/C=C2/C(=O)N(c3ccccc3)N=C2C)cc(I)c1OCc1cccc(C(=O)O)c1. The van der Waals surface area contributed by atoms with Crippen molar-refractivity contribution in [1.29, 1.82) is 0 Å². The molecule has 0 saturated heterocycles. The van der Waals surface area contributed by atoms with E-state index in [2.05, 4.69) is 27.7 Å². The quantitative estimate of drug-likeness (QED) is 0.306. The van der Waals surface area contributed by atoms with Gasteiger partial charge in [-0.2, -0.15) is 10.1 Å². The highest BCUT2D eigenvalue weighted by molar-refractivity contribution is 14.1. The van der Waals surface area contributed by atoms with Crippen molar-refractivity contribution in [2.24, 2.45) is 5.10 Å². The summed E-state index contributed by atoms with van der Waals surface area (Å²) in [7, 11) is 1.55. The summed E-state index contributed by atoms with van der Waals surface area (Å²) in [5.74, 6) is -0.137. The van der Waals surface area contributed by atoms with Crippen molar-refractivity contribution in [2.45, 2.75) is 13.5 Å². The van der Waals surface area contributed by atoms with Crippen LogP contribution in [-0.4, -0.2) is 29.8 Å². The van der Waals surface area contributed by atoms with Crippen LogP contribution in [0.4, 0.5) is 5.69 Å². The Hall–Kier alpha value is -3.66. The Kier molecular flexibility index (Phi) is 6.97. The molecule has 0 unspecified atom stereocenters. The summed E-state index contributed by atoms with van der Waals surface area (Å²) < 4.78 is 12.3. The first-order chi connectivity index (χ1) is 16.4. The number of amides is 1. The predicted molar refractivity (Wildman–Crippen MR) is 138 cm³/mol. The van der Waals surface area contributed by atoms with Crippen molar-refractivity contribution in [3.63, 3.8) is 0 Å². The molecule has 1 N–H and O–H groups in total. The number of hydrogen-bond donors (Lipinski definition) is 1. The molecule has 0 radical (unpaired) electrons. The summed E-state index contributed by atoms with van der Waals surface area (Å²) in [5.41, 5.74) is 3.54. The van der Waals surface area contributed by atoms with Crippen LogP contribution >= 0.6 is 22.6 Å². The molecule has 0 bridgehead atoms. The molecule has 1 aliphatic rings. The van der Waals surface area contributed by atoms with Crippen LogP contribution in [0, 0.1) is 3.57 Å². The topological polar surface area (TPSA) is 88.4 Å². The minimum absolute atomic E-state index is 0.185. The molecular formula is C26H21IN2O5.